The van der Waals surface area contributed by atoms with E-state index < -0.39 is 48.0 Å². The summed E-state index contributed by atoms with van der Waals surface area (Å²) in [6, 6.07) is 8.48. The SMILES string of the molecule is C/C1=C/C=C/C(C)CCC(O)C[C@H](OC(=O)CC(=O)N2CCCN(Cc3ccc(C)cc3)CC2)C(C)CCC[C@H]2Oc3c(C)c(O)c4c(O)c(c5c(c4c3C2=O)=NC2(CCN(CC(C)C)CC2)N=5)NC1=O.CO.CO. The van der Waals surface area contributed by atoms with E-state index >= 15 is 0 Å². The Morgan fingerprint density at radius 1 is 0.840 bits per heavy atom. The Hall–Kier alpha value is -5.72. The first-order valence-electron chi connectivity index (χ1n) is 26.9. The Bertz CT molecular complexity index is 2710. The molecule has 0 aromatic heterocycles. The fourth-order valence-corrected chi connectivity index (χ4v) is 10.9. The van der Waals surface area contributed by atoms with Crippen molar-refractivity contribution in [3.63, 3.8) is 0 Å². The monoisotopic (exact) mass is 1040 g/mol. The number of phenolic OH excluding ortho intramolecular Hbond substituents is 2. The summed E-state index contributed by atoms with van der Waals surface area (Å²) < 4.78 is 12.5. The van der Waals surface area contributed by atoms with Crippen molar-refractivity contribution in [3.05, 3.63) is 81.0 Å². The molecule has 9 rings (SSSR count). The molecule has 6 heterocycles. The number of nitrogens with one attached hydrogen (secondary N) is 1. The molecule has 3 aromatic rings. The number of nitrogens with zero attached hydrogens (tertiary/aromatic N) is 5. The predicted molar refractivity (Wildman–Crippen MR) is 288 cm³/mol. The highest BCUT2D eigenvalue weighted by Gasteiger charge is 2.42. The number of esters is 1. The van der Waals surface area contributed by atoms with Gasteiger partial charge in [-0.2, -0.15) is 0 Å². The first-order valence-corrected chi connectivity index (χ1v) is 26.9. The highest BCUT2D eigenvalue weighted by Crippen LogP contribution is 2.48. The molecule has 410 valence electrons. The number of amides is 2. The minimum absolute atomic E-state index is 0.00105. The van der Waals surface area contributed by atoms with Gasteiger partial charge in [0.25, 0.3) is 5.91 Å². The van der Waals surface area contributed by atoms with Gasteiger partial charge in [0.1, 0.15) is 35.1 Å². The molecule has 3 unspecified atom stereocenters. The molecule has 2 saturated heterocycles. The van der Waals surface area contributed by atoms with Crippen LogP contribution in [-0.2, 0) is 25.7 Å². The molecule has 17 nitrogen and oxygen atoms in total. The van der Waals surface area contributed by atoms with Crippen molar-refractivity contribution in [1.29, 1.82) is 0 Å². The van der Waals surface area contributed by atoms with Crippen LogP contribution in [0.1, 0.15) is 126 Å². The summed E-state index contributed by atoms with van der Waals surface area (Å²) >= 11 is 0. The lowest BCUT2D eigenvalue weighted by Gasteiger charge is -2.36. The van der Waals surface area contributed by atoms with E-state index in [4.69, 9.17) is 29.7 Å². The Morgan fingerprint density at radius 3 is 2.23 bits per heavy atom. The summed E-state index contributed by atoms with van der Waals surface area (Å²) in [6.45, 7) is 19.5. The second-order valence-electron chi connectivity index (χ2n) is 21.5. The van der Waals surface area contributed by atoms with Gasteiger partial charge >= 0.3 is 5.97 Å². The summed E-state index contributed by atoms with van der Waals surface area (Å²) in [4.78, 5) is 72.8. The molecule has 2 fully saturated rings. The Labute approximate surface area is 442 Å². The number of aryl methyl sites for hydroxylation is 1. The molecule has 75 heavy (non-hydrogen) atoms. The number of anilines is 1. The van der Waals surface area contributed by atoms with Gasteiger partial charge in [0.05, 0.1) is 22.4 Å². The quantitative estimate of drug-likeness (QED) is 0.0881. The number of ketones is 1. The third kappa shape index (κ3) is 14.0. The molecule has 6 aliphatic heterocycles. The van der Waals surface area contributed by atoms with Crippen molar-refractivity contribution in [2.24, 2.45) is 27.7 Å². The van der Waals surface area contributed by atoms with E-state index in [0.29, 0.717) is 81.4 Å². The van der Waals surface area contributed by atoms with Gasteiger partial charge in [0, 0.05) is 102 Å². The number of benzene rings is 3. The van der Waals surface area contributed by atoms with Crippen LogP contribution in [-0.4, -0.2) is 148 Å². The number of aromatic hydroxyl groups is 2. The number of piperidine rings is 1. The van der Waals surface area contributed by atoms with Gasteiger partial charge in [-0.3, -0.25) is 34.1 Å². The maximum Gasteiger partial charge on any atom is 0.315 e. The molecule has 0 radical (unpaired) electrons. The standard InChI is InChI=1S/C56H74N6O9.2CH4O/c1-33(2)31-61-25-21-56(22-26-61)58-48-45-46-51(66)38(7)54-47(45)52(67)41(71-54)14-9-12-36(5)42(29-40(63)20-17-34(3)11-8-13-37(6)55(69)57-50(53(46)68)49(48)59-56)70-44(65)30-43(64)62-24-10-23-60(27-28-62)32-39-18-15-35(4)16-19-39;2*1-2/h8,11,13,15-16,18-19,33-34,36,40-42,63,66,68H,9-10,12,14,17,20-32H2,1-7H3,(H,57,69);2*2H,1H3/b11-8+,37-13-;;/t34?,36?,40?,41-,42+;;/m1../s1. The average molecular weight is 1040 g/mol. The van der Waals surface area contributed by atoms with Crippen LogP contribution in [0.3, 0.4) is 0 Å². The molecule has 3 aromatic carbocycles. The van der Waals surface area contributed by atoms with E-state index in [-0.39, 0.29) is 74.4 Å². The van der Waals surface area contributed by atoms with Crippen molar-refractivity contribution in [1.82, 2.24) is 14.7 Å². The number of hydrogen-bond acceptors (Lipinski definition) is 15. The zero-order valence-electron chi connectivity index (χ0n) is 45.7. The van der Waals surface area contributed by atoms with Crippen LogP contribution >= 0.6 is 0 Å². The number of carbonyl (C=O) groups excluding carboxylic acids is 4. The van der Waals surface area contributed by atoms with Crippen LogP contribution in [0.15, 0.2) is 58.1 Å². The molecule has 0 saturated carbocycles. The van der Waals surface area contributed by atoms with Crippen LogP contribution in [0.5, 0.6) is 17.2 Å². The lowest BCUT2D eigenvalue weighted by Crippen LogP contribution is -2.43. The largest absolute Gasteiger partial charge is 0.507 e. The van der Waals surface area contributed by atoms with Crippen LogP contribution in [0, 0.1) is 31.6 Å². The number of aliphatic hydroxyl groups excluding tert-OH is 3. The number of ether oxygens (including phenoxy) is 2. The van der Waals surface area contributed by atoms with Gasteiger partial charge in [-0.1, -0.05) is 75.8 Å². The number of rotatable bonds is 7. The lowest BCUT2D eigenvalue weighted by molar-refractivity contribution is -0.157. The second-order valence-corrected chi connectivity index (χ2v) is 21.5. The van der Waals surface area contributed by atoms with Crippen LogP contribution in [0.2, 0.25) is 0 Å². The van der Waals surface area contributed by atoms with Gasteiger partial charge in [-0.05, 0) is 82.6 Å². The number of fused-ring (bicyclic) bond motifs is 13. The van der Waals surface area contributed by atoms with Crippen molar-refractivity contribution in [2.45, 2.75) is 143 Å². The van der Waals surface area contributed by atoms with Crippen LogP contribution < -0.4 is 20.8 Å². The summed E-state index contributed by atoms with van der Waals surface area (Å²) in [5.41, 5.74) is 2.39. The van der Waals surface area contributed by atoms with E-state index in [0.717, 1.165) is 53.4 Å². The third-order valence-corrected chi connectivity index (χ3v) is 15.2. The third-order valence-electron chi connectivity index (χ3n) is 15.2. The smallest absolute Gasteiger partial charge is 0.315 e. The number of allylic oxidation sites excluding steroid dienone is 3. The molecule has 2 amide bonds. The summed E-state index contributed by atoms with van der Waals surface area (Å²) in [6.07, 6.45) is 7.11. The summed E-state index contributed by atoms with van der Waals surface area (Å²) in [5, 5.41) is 53.2. The van der Waals surface area contributed by atoms with E-state index in [1.807, 2.05) is 19.9 Å². The summed E-state index contributed by atoms with van der Waals surface area (Å²) in [7, 11) is 2.00. The second kappa shape index (κ2) is 26.4. The highest BCUT2D eigenvalue weighted by atomic mass is 16.5. The van der Waals surface area contributed by atoms with Gasteiger partial charge < -0.3 is 50.1 Å². The normalized spacial score (nSPS) is 24.6. The molecule has 0 aliphatic carbocycles. The van der Waals surface area contributed by atoms with Crippen molar-refractivity contribution in [3.8, 4) is 17.2 Å². The van der Waals surface area contributed by atoms with E-state index in [9.17, 15) is 34.5 Å². The first kappa shape index (κ1) is 58.5. The number of carbonyl (C=O) groups is 4. The highest BCUT2D eigenvalue weighted by molar-refractivity contribution is 6.18. The minimum Gasteiger partial charge on any atom is -0.507 e. The van der Waals surface area contributed by atoms with E-state index in [1.165, 1.54) is 11.1 Å². The maximum atomic E-state index is 14.7. The predicted octanol–water partition coefficient (Wildman–Crippen LogP) is 6.19. The van der Waals surface area contributed by atoms with Crippen molar-refractivity contribution >= 4 is 40.0 Å². The molecule has 1 spiro atoms. The fourth-order valence-electron chi connectivity index (χ4n) is 10.9. The van der Waals surface area contributed by atoms with Crippen molar-refractivity contribution in [2.75, 3.05) is 65.3 Å². The van der Waals surface area contributed by atoms with Crippen LogP contribution in [0.4, 0.5) is 5.69 Å². The lowest BCUT2D eigenvalue weighted by atomic mass is 9.90. The fraction of sp³-hybridized carbons (Fsp3) is 0.586. The zero-order valence-corrected chi connectivity index (χ0v) is 45.7. The average Bonchev–Trinajstić information content (AvgIpc) is 3.85. The topological polar surface area (TPSA) is 234 Å². The van der Waals surface area contributed by atoms with Gasteiger partial charge in [-0.15, -0.1) is 0 Å². The van der Waals surface area contributed by atoms with Crippen LogP contribution in [0.25, 0.3) is 10.8 Å². The molecule has 17 heteroatoms. The molecular weight excluding hydrogens is 957 g/mol. The van der Waals surface area contributed by atoms with Crippen molar-refractivity contribution < 1.29 is 54.2 Å². The van der Waals surface area contributed by atoms with Gasteiger partial charge in [-0.25, -0.2) is 0 Å². The van der Waals surface area contributed by atoms with Gasteiger partial charge in [0.2, 0.25) is 11.7 Å². The van der Waals surface area contributed by atoms with Gasteiger partial charge in [0.15, 0.2) is 17.5 Å². The maximum absolute atomic E-state index is 14.7. The number of likely N-dealkylation sites (tertiary alicyclic amines) is 1. The Morgan fingerprint density at radius 2 is 1.53 bits per heavy atom. The molecule has 5 atom stereocenters. The molecular formula is C58H82N6O11. The number of aliphatic hydroxyl groups is 3. The minimum atomic E-state index is -0.918. The molecule has 5 bridgehead atoms. The number of phenols is 2. The Balaban J connectivity index is 0.00000223. The number of hydrogen-bond donors (Lipinski definition) is 6. The number of Topliss-reactive ketones (excluding diaryl/α,β-unsaturated/α-hetero) is 1. The summed E-state index contributed by atoms with van der Waals surface area (Å²) in [5.74, 6) is -1.93. The Kier molecular flexibility index (Phi) is 20.6. The van der Waals surface area contributed by atoms with E-state index in [2.05, 4.69) is 60.2 Å². The van der Waals surface area contributed by atoms with E-state index in [1.54, 1.807) is 30.9 Å². The first-order chi connectivity index (χ1) is 35.9. The molecule has 6 aliphatic rings. The molecule has 6 N–H and O–H groups in total. The zero-order chi connectivity index (χ0) is 54.7.